The summed E-state index contributed by atoms with van der Waals surface area (Å²) in [5, 5.41) is 2.55. The van der Waals surface area contributed by atoms with E-state index in [1.807, 2.05) is 0 Å². The molecule has 0 heterocycles. The average molecular weight is 401 g/mol. The third-order valence-electron chi connectivity index (χ3n) is 7.08. The summed E-state index contributed by atoms with van der Waals surface area (Å²) in [5.74, 6) is 0. The van der Waals surface area contributed by atoms with Crippen LogP contribution >= 0.6 is 0 Å². The Morgan fingerprint density at radius 1 is 1.00 bits per heavy atom. The number of benzene rings is 2. The SMILES string of the molecule is CCCCCCc1cc2c3c(ccc2cc1C=O)C1=C(CC(C)(C)C=C1)CC3(C)C. The molecule has 30 heavy (non-hydrogen) atoms. The number of unbranched alkanes of at least 4 members (excludes halogenated alkanes) is 3. The molecule has 0 fully saturated rings. The molecule has 0 saturated heterocycles. The molecule has 0 aromatic heterocycles. The Morgan fingerprint density at radius 2 is 1.80 bits per heavy atom. The predicted molar refractivity (Wildman–Crippen MR) is 129 cm³/mol. The van der Waals surface area contributed by atoms with Crippen LogP contribution in [0.4, 0.5) is 0 Å². The normalized spacial score (nSPS) is 19.0. The number of rotatable bonds is 6. The Kier molecular flexibility index (Phi) is 5.51. The van der Waals surface area contributed by atoms with Crippen molar-refractivity contribution < 1.29 is 4.79 Å². The van der Waals surface area contributed by atoms with E-state index in [9.17, 15) is 4.79 Å². The van der Waals surface area contributed by atoms with Gasteiger partial charge in [-0.2, -0.15) is 0 Å². The van der Waals surface area contributed by atoms with Gasteiger partial charge in [-0.1, -0.05) is 89.8 Å². The number of aryl methyl sites for hydroxylation is 1. The van der Waals surface area contributed by atoms with Crippen molar-refractivity contribution in [1.29, 1.82) is 0 Å². The molecule has 0 amide bonds. The highest BCUT2D eigenvalue weighted by molar-refractivity contribution is 5.98. The fourth-order valence-electron chi connectivity index (χ4n) is 5.65. The van der Waals surface area contributed by atoms with Crippen LogP contribution in [0.25, 0.3) is 16.3 Å². The fourth-order valence-corrected chi connectivity index (χ4v) is 5.65. The number of allylic oxidation sites excluding steroid dienone is 4. The molecule has 0 bridgehead atoms. The second-order valence-corrected chi connectivity index (χ2v) is 10.8. The number of hydrogen-bond donors (Lipinski definition) is 0. The number of fused-ring (bicyclic) bond motifs is 4. The maximum Gasteiger partial charge on any atom is 0.150 e. The molecule has 2 aromatic rings. The predicted octanol–water partition coefficient (Wildman–Crippen LogP) is 8.20. The molecule has 0 spiro atoms. The van der Waals surface area contributed by atoms with Crippen LogP contribution in [0.2, 0.25) is 0 Å². The van der Waals surface area contributed by atoms with Crippen LogP contribution in [0.1, 0.15) is 100 Å². The summed E-state index contributed by atoms with van der Waals surface area (Å²) in [7, 11) is 0. The molecular formula is C29H36O. The molecule has 0 unspecified atom stereocenters. The lowest BCUT2D eigenvalue weighted by Crippen LogP contribution is -2.28. The molecule has 4 rings (SSSR count). The van der Waals surface area contributed by atoms with Crippen molar-refractivity contribution >= 4 is 22.6 Å². The maximum atomic E-state index is 11.8. The van der Waals surface area contributed by atoms with Gasteiger partial charge in [-0.25, -0.2) is 0 Å². The second-order valence-electron chi connectivity index (χ2n) is 10.8. The van der Waals surface area contributed by atoms with E-state index >= 15 is 0 Å². The van der Waals surface area contributed by atoms with Gasteiger partial charge in [0.25, 0.3) is 0 Å². The van der Waals surface area contributed by atoms with E-state index in [-0.39, 0.29) is 10.8 Å². The number of aldehydes is 1. The first-order chi connectivity index (χ1) is 14.3. The zero-order valence-electron chi connectivity index (χ0n) is 19.4. The van der Waals surface area contributed by atoms with Gasteiger partial charge in [-0.3, -0.25) is 4.79 Å². The van der Waals surface area contributed by atoms with Gasteiger partial charge in [0.05, 0.1) is 0 Å². The zero-order chi connectivity index (χ0) is 21.5. The summed E-state index contributed by atoms with van der Waals surface area (Å²) in [6, 6.07) is 8.99. The average Bonchev–Trinajstić information content (AvgIpc) is 2.68. The van der Waals surface area contributed by atoms with E-state index in [4.69, 9.17) is 0 Å². The van der Waals surface area contributed by atoms with Crippen molar-refractivity contribution in [3.05, 3.63) is 64.2 Å². The minimum Gasteiger partial charge on any atom is -0.298 e. The van der Waals surface area contributed by atoms with E-state index in [0.717, 1.165) is 37.5 Å². The molecule has 0 aliphatic heterocycles. The lowest BCUT2D eigenvalue weighted by atomic mass is 9.64. The molecule has 0 atom stereocenters. The van der Waals surface area contributed by atoms with Crippen molar-refractivity contribution in [1.82, 2.24) is 0 Å². The quantitative estimate of drug-likeness (QED) is 0.353. The Hall–Kier alpha value is -2.15. The van der Waals surface area contributed by atoms with Gasteiger partial charge in [-0.15, -0.1) is 0 Å². The van der Waals surface area contributed by atoms with Gasteiger partial charge in [0.15, 0.2) is 0 Å². The van der Waals surface area contributed by atoms with Gasteiger partial charge in [0.1, 0.15) is 6.29 Å². The van der Waals surface area contributed by atoms with Crippen molar-refractivity contribution in [3.8, 4) is 0 Å². The highest BCUT2D eigenvalue weighted by Crippen LogP contribution is 2.51. The highest BCUT2D eigenvalue weighted by Gasteiger charge is 2.36. The van der Waals surface area contributed by atoms with Crippen LogP contribution in [0.3, 0.4) is 0 Å². The smallest absolute Gasteiger partial charge is 0.150 e. The molecule has 0 radical (unpaired) electrons. The van der Waals surface area contributed by atoms with Gasteiger partial charge in [-0.05, 0) is 75.6 Å². The van der Waals surface area contributed by atoms with Crippen LogP contribution in [-0.4, -0.2) is 6.29 Å². The molecule has 2 aliphatic carbocycles. The molecule has 0 N–H and O–H groups in total. The van der Waals surface area contributed by atoms with Crippen molar-refractivity contribution in [2.75, 3.05) is 0 Å². The van der Waals surface area contributed by atoms with E-state index in [2.05, 4.69) is 71.0 Å². The lowest BCUT2D eigenvalue weighted by Gasteiger charge is -2.40. The number of carbonyl (C=O) groups is 1. The Balaban J connectivity index is 1.85. The third kappa shape index (κ3) is 3.80. The first kappa shape index (κ1) is 21.1. The van der Waals surface area contributed by atoms with Gasteiger partial charge in [0, 0.05) is 5.56 Å². The molecule has 1 nitrogen and oxygen atoms in total. The van der Waals surface area contributed by atoms with Crippen molar-refractivity contribution in [2.45, 2.75) is 85.0 Å². The summed E-state index contributed by atoms with van der Waals surface area (Å²) in [6.45, 7) is 11.7. The van der Waals surface area contributed by atoms with Crippen LogP contribution < -0.4 is 0 Å². The van der Waals surface area contributed by atoms with Crippen LogP contribution in [0, 0.1) is 5.41 Å². The standard InChI is InChI=1S/C29H36O/c1-6-7-8-9-10-20-16-26-21(15-22(20)19-30)11-12-25-24-13-14-28(2,3)17-23(24)18-29(4,5)27(25)26/h11-16,19H,6-10,17-18H2,1-5H3. The summed E-state index contributed by atoms with van der Waals surface area (Å²) in [4.78, 5) is 11.8. The topological polar surface area (TPSA) is 17.1 Å². The lowest BCUT2D eigenvalue weighted by molar-refractivity contribution is 0.112. The number of hydrogen-bond acceptors (Lipinski definition) is 1. The van der Waals surface area contributed by atoms with Crippen LogP contribution in [0.15, 0.2) is 42.0 Å². The summed E-state index contributed by atoms with van der Waals surface area (Å²) < 4.78 is 0. The molecule has 0 saturated carbocycles. The Labute approximate surface area is 182 Å². The fraction of sp³-hybridized carbons (Fsp3) is 0.483. The van der Waals surface area contributed by atoms with Crippen LogP contribution in [0.5, 0.6) is 0 Å². The monoisotopic (exact) mass is 400 g/mol. The third-order valence-corrected chi connectivity index (χ3v) is 7.08. The minimum atomic E-state index is 0.0944. The second kappa shape index (κ2) is 7.84. The molecule has 2 aromatic carbocycles. The van der Waals surface area contributed by atoms with Crippen molar-refractivity contribution in [3.63, 3.8) is 0 Å². The largest absolute Gasteiger partial charge is 0.298 e. The van der Waals surface area contributed by atoms with Gasteiger partial charge < -0.3 is 0 Å². The van der Waals surface area contributed by atoms with Gasteiger partial charge >= 0.3 is 0 Å². The molecule has 2 aliphatic rings. The maximum absolute atomic E-state index is 11.8. The summed E-state index contributed by atoms with van der Waals surface area (Å²) in [5.41, 5.74) is 8.33. The molecule has 158 valence electrons. The first-order valence-electron chi connectivity index (χ1n) is 11.7. The minimum absolute atomic E-state index is 0.0944. The summed E-state index contributed by atoms with van der Waals surface area (Å²) in [6.07, 6.45) is 14.0. The van der Waals surface area contributed by atoms with E-state index < -0.39 is 0 Å². The summed E-state index contributed by atoms with van der Waals surface area (Å²) >= 11 is 0. The van der Waals surface area contributed by atoms with E-state index in [0.29, 0.717) is 0 Å². The zero-order valence-corrected chi connectivity index (χ0v) is 19.4. The van der Waals surface area contributed by atoms with Gasteiger partial charge in [0.2, 0.25) is 0 Å². The Morgan fingerprint density at radius 3 is 2.53 bits per heavy atom. The highest BCUT2D eigenvalue weighted by atomic mass is 16.1. The van der Waals surface area contributed by atoms with Crippen LogP contribution in [-0.2, 0) is 11.8 Å². The first-order valence-corrected chi connectivity index (χ1v) is 11.7. The van der Waals surface area contributed by atoms with E-state index in [1.165, 1.54) is 52.3 Å². The molecule has 1 heteroatoms. The Bertz CT molecular complexity index is 1050. The molecular weight excluding hydrogens is 364 g/mol. The van der Waals surface area contributed by atoms with E-state index in [1.54, 1.807) is 5.57 Å². The number of carbonyl (C=O) groups excluding carboxylic acids is 1. The van der Waals surface area contributed by atoms with Crippen molar-refractivity contribution in [2.24, 2.45) is 5.41 Å².